The average Bonchev–Trinajstić information content (AvgIpc) is 3.17. The van der Waals surface area contributed by atoms with E-state index in [0.717, 1.165) is 24.2 Å². The zero-order valence-electron chi connectivity index (χ0n) is 16.3. The number of fused-ring (bicyclic) bond motifs is 1. The van der Waals surface area contributed by atoms with E-state index in [0.29, 0.717) is 35.6 Å². The minimum atomic E-state index is -0.990. The summed E-state index contributed by atoms with van der Waals surface area (Å²) in [5, 5.41) is 2.77. The van der Waals surface area contributed by atoms with E-state index in [9.17, 15) is 18.0 Å². The van der Waals surface area contributed by atoms with Crippen molar-refractivity contribution < 1.29 is 18.0 Å². The van der Waals surface area contributed by atoms with Crippen LogP contribution in [0.1, 0.15) is 24.8 Å². The van der Waals surface area contributed by atoms with E-state index >= 15 is 0 Å². The van der Waals surface area contributed by atoms with Gasteiger partial charge in [0.1, 0.15) is 23.0 Å². The van der Waals surface area contributed by atoms with Gasteiger partial charge < -0.3 is 10.3 Å². The predicted octanol–water partition coefficient (Wildman–Crippen LogP) is 5.10. The van der Waals surface area contributed by atoms with Gasteiger partial charge in [0.15, 0.2) is 11.6 Å². The van der Waals surface area contributed by atoms with Gasteiger partial charge in [0.2, 0.25) is 5.91 Å². The topological polar surface area (TPSA) is 70.7 Å². The number of pyridine rings is 1. The van der Waals surface area contributed by atoms with Crippen molar-refractivity contribution in [3.8, 4) is 11.4 Å². The molecule has 1 aliphatic carbocycles. The lowest BCUT2D eigenvalue weighted by molar-refractivity contribution is -0.124. The largest absolute Gasteiger partial charge is 0.338 e. The Kier molecular flexibility index (Phi) is 4.50. The molecule has 1 amide bonds. The van der Waals surface area contributed by atoms with Crippen LogP contribution < -0.4 is 5.32 Å². The highest BCUT2D eigenvalue weighted by Gasteiger charge is 2.45. The third kappa shape index (κ3) is 3.24. The van der Waals surface area contributed by atoms with Crippen LogP contribution in [0.3, 0.4) is 0 Å². The number of H-pyrrole nitrogens is 1. The van der Waals surface area contributed by atoms with Crippen LogP contribution in [-0.2, 0) is 10.2 Å². The first-order valence-electron chi connectivity index (χ1n) is 9.84. The lowest BCUT2D eigenvalue weighted by Crippen LogP contribution is -2.46. The Morgan fingerprint density at radius 2 is 1.77 bits per heavy atom. The van der Waals surface area contributed by atoms with Crippen LogP contribution >= 0.6 is 0 Å². The highest BCUT2D eigenvalue weighted by atomic mass is 19.2. The van der Waals surface area contributed by atoms with Crippen molar-refractivity contribution in [2.45, 2.75) is 24.7 Å². The average molecular weight is 422 g/mol. The second-order valence-corrected chi connectivity index (χ2v) is 7.67. The molecule has 0 unspecified atom stereocenters. The minimum Gasteiger partial charge on any atom is -0.338 e. The maximum Gasteiger partial charge on any atom is 0.236 e. The van der Waals surface area contributed by atoms with Crippen LogP contribution in [0.25, 0.3) is 22.4 Å². The molecule has 2 aromatic heterocycles. The Labute approximate surface area is 175 Å². The van der Waals surface area contributed by atoms with E-state index in [4.69, 9.17) is 0 Å². The summed E-state index contributed by atoms with van der Waals surface area (Å²) >= 11 is 0. The summed E-state index contributed by atoms with van der Waals surface area (Å²) in [5.74, 6) is -1.89. The number of hydrogen-bond acceptors (Lipinski definition) is 3. The Morgan fingerprint density at radius 3 is 2.42 bits per heavy atom. The normalized spacial score (nSPS) is 14.9. The van der Waals surface area contributed by atoms with E-state index in [1.807, 2.05) is 12.1 Å². The van der Waals surface area contributed by atoms with Crippen LogP contribution in [-0.4, -0.2) is 20.9 Å². The van der Waals surface area contributed by atoms with Gasteiger partial charge in [-0.2, -0.15) is 0 Å². The van der Waals surface area contributed by atoms with Crippen molar-refractivity contribution in [1.82, 2.24) is 15.0 Å². The number of benzene rings is 2. The summed E-state index contributed by atoms with van der Waals surface area (Å²) in [4.78, 5) is 24.1. The van der Waals surface area contributed by atoms with Crippen molar-refractivity contribution in [3.05, 3.63) is 77.7 Å². The van der Waals surface area contributed by atoms with Crippen molar-refractivity contribution in [2.75, 3.05) is 5.32 Å². The summed E-state index contributed by atoms with van der Waals surface area (Å²) in [6, 6.07) is 12.4. The van der Waals surface area contributed by atoms with E-state index < -0.39 is 22.9 Å². The fraction of sp³-hybridized carbons (Fsp3) is 0.174. The molecule has 0 aliphatic heterocycles. The van der Waals surface area contributed by atoms with Gasteiger partial charge in [-0.3, -0.25) is 4.79 Å². The Balaban J connectivity index is 1.42. The van der Waals surface area contributed by atoms with Crippen LogP contribution in [0.4, 0.5) is 19.0 Å². The van der Waals surface area contributed by atoms with E-state index in [1.54, 1.807) is 12.1 Å². The first-order valence-corrected chi connectivity index (χ1v) is 9.84. The fourth-order valence-electron chi connectivity index (χ4n) is 3.96. The lowest BCUT2D eigenvalue weighted by Gasteiger charge is -2.40. The molecule has 1 aliphatic rings. The van der Waals surface area contributed by atoms with Crippen LogP contribution in [0, 0.1) is 17.5 Å². The molecule has 2 aromatic carbocycles. The van der Waals surface area contributed by atoms with Gasteiger partial charge in [0.25, 0.3) is 0 Å². The molecule has 156 valence electrons. The monoisotopic (exact) mass is 422 g/mol. The zero-order chi connectivity index (χ0) is 21.6. The summed E-state index contributed by atoms with van der Waals surface area (Å²) in [6.07, 6.45) is 3.35. The van der Waals surface area contributed by atoms with E-state index in [-0.39, 0.29) is 11.4 Å². The summed E-state index contributed by atoms with van der Waals surface area (Å²) in [7, 11) is 0. The Bertz CT molecular complexity index is 1280. The van der Waals surface area contributed by atoms with Gasteiger partial charge in [-0.15, -0.1) is 0 Å². The van der Waals surface area contributed by atoms with E-state index in [2.05, 4.69) is 20.3 Å². The number of imidazole rings is 1. The van der Waals surface area contributed by atoms with Gasteiger partial charge in [0.05, 0.1) is 17.1 Å². The van der Waals surface area contributed by atoms with Crippen molar-refractivity contribution >= 4 is 22.8 Å². The van der Waals surface area contributed by atoms with Gasteiger partial charge in [0, 0.05) is 5.56 Å². The second kappa shape index (κ2) is 7.23. The molecule has 5 rings (SSSR count). The van der Waals surface area contributed by atoms with Gasteiger partial charge in [-0.05, 0) is 42.7 Å². The smallest absolute Gasteiger partial charge is 0.236 e. The molecule has 31 heavy (non-hydrogen) atoms. The molecule has 8 heteroatoms. The SMILES string of the molecule is O=C(Nc1ccc(F)cn1)C1(c2ccc(-c3nc4c(F)c(F)ccc4[nH]3)cc2)CCC1. The Morgan fingerprint density at radius 1 is 1.00 bits per heavy atom. The van der Waals surface area contributed by atoms with E-state index in [1.165, 1.54) is 18.2 Å². The molecular formula is C23H17F3N4O. The van der Waals surface area contributed by atoms with Crippen LogP contribution in [0.2, 0.25) is 0 Å². The standard InChI is InChI=1S/C23H17F3N4O/c24-15-6-9-18(27-12-15)29-22(31)23(10-1-11-23)14-4-2-13(3-5-14)21-28-17-8-7-16(25)19(26)20(17)30-21/h2-9,12H,1,10-11H2,(H,28,30)(H,27,29,31). The minimum absolute atomic E-state index is 0.0549. The fourth-order valence-corrected chi connectivity index (χ4v) is 3.96. The molecular weight excluding hydrogens is 405 g/mol. The number of aromatic nitrogens is 3. The van der Waals surface area contributed by atoms with Crippen molar-refractivity contribution in [3.63, 3.8) is 0 Å². The number of nitrogens with zero attached hydrogens (tertiary/aromatic N) is 2. The number of anilines is 1. The van der Waals surface area contributed by atoms with Gasteiger partial charge >= 0.3 is 0 Å². The zero-order valence-corrected chi connectivity index (χ0v) is 16.3. The molecule has 2 N–H and O–H groups in total. The van der Waals surface area contributed by atoms with Crippen molar-refractivity contribution in [1.29, 1.82) is 0 Å². The third-order valence-electron chi connectivity index (χ3n) is 5.87. The van der Waals surface area contributed by atoms with Gasteiger partial charge in [-0.1, -0.05) is 30.7 Å². The summed E-state index contributed by atoms with van der Waals surface area (Å²) in [5.41, 5.74) is 1.20. The molecule has 0 atom stereocenters. The lowest BCUT2D eigenvalue weighted by atomic mass is 9.63. The maximum absolute atomic E-state index is 14.0. The number of rotatable bonds is 4. The second-order valence-electron chi connectivity index (χ2n) is 7.67. The number of aromatic amines is 1. The quantitative estimate of drug-likeness (QED) is 0.481. The molecule has 2 heterocycles. The summed E-state index contributed by atoms with van der Waals surface area (Å²) in [6.45, 7) is 0. The molecule has 5 nitrogen and oxygen atoms in total. The number of nitrogens with one attached hydrogen (secondary N) is 2. The highest BCUT2D eigenvalue weighted by Crippen LogP contribution is 2.45. The molecule has 0 bridgehead atoms. The molecule has 4 aromatic rings. The van der Waals surface area contributed by atoms with Gasteiger partial charge in [-0.25, -0.2) is 23.1 Å². The molecule has 1 fully saturated rings. The first kappa shape index (κ1) is 19.3. The molecule has 0 saturated heterocycles. The number of carbonyl (C=O) groups excluding carboxylic acids is 1. The Hall–Kier alpha value is -3.68. The number of amides is 1. The van der Waals surface area contributed by atoms with Crippen LogP contribution in [0.15, 0.2) is 54.7 Å². The molecule has 0 radical (unpaired) electrons. The predicted molar refractivity (Wildman–Crippen MR) is 110 cm³/mol. The van der Waals surface area contributed by atoms with Crippen LogP contribution in [0.5, 0.6) is 0 Å². The highest BCUT2D eigenvalue weighted by molar-refractivity contribution is 5.99. The molecule has 0 spiro atoms. The summed E-state index contributed by atoms with van der Waals surface area (Å²) < 4.78 is 40.5. The number of hydrogen-bond donors (Lipinski definition) is 2. The number of carbonyl (C=O) groups is 1. The third-order valence-corrected chi connectivity index (χ3v) is 5.87. The number of halogens is 3. The first-order chi connectivity index (χ1) is 15.0. The maximum atomic E-state index is 14.0. The molecule has 1 saturated carbocycles. The van der Waals surface area contributed by atoms with Crippen molar-refractivity contribution in [2.24, 2.45) is 0 Å².